The van der Waals surface area contributed by atoms with Crippen molar-refractivity contribution in [3.8, 4) is 0 Å². The Kier molecular flexibility index (Phi) is 25.0. The summed E-state index contributed by atoms with van der Waals surface area (Å²) >= 11 is 0. The number of fused-ring (bicyclic) bond motifs is 4. The van der Waals surface area contributed by atoms with Gasteiger partial charge >= 0.3 is 0 Å². The number of primary amides is 2. The number of aromatic nitrogens is 3. The molecule has 100 heavy (non-hydrogen) atoms. The van der Waals surface area contributed by atoms with Gasteiger partial charge in [-0.3, -0.25) is 57.5 Å². The highest BCUT2D eigenvalue weighted by molar-refractivity contribution is 6.01. The molecule has 9 rings (SSSR count). The Bertz CT molecular complexity index is 4130. The molecule has 7 aromatic rings. The van der Waals surface area contributed by atoms with Crippen LogP contribution in [-0.4, -0.2) is 164 Å². The van der Waals surface area contributed by atoms with Crippen LogP contribution in [0.5, 0.6) is 0 Å². The molecule has 3 aromatic heterocycles. The quantitative estimate of drug-likeness (QED) is 0.0545. The van der Waals surface area contributed by atoms with Gasteiger partial charge in [0.1, 0.15) is 60.4 Å². The highest BCUT2D eigenvalue weighted by Crippen LogP contribution is 2.26. The number of aromatic amines is 3. The SMILES string of the molecule is CC(C)C[C@@H]1NC(=O)[C@H](CCCN)NC(=O)[C@H](C(C)C)NC(=O)[C@H](Cc2c[nH]c3ccccc23)NC(=O)[C@H](CCC(N)=O)NC(=O)[C@H](CC(N)=O)NC(=O)[C@H](Cc2c[nH]c3ccccc23)NC(=O)[C@H](Cc2c[nH]c3ccccc23)NC(=O)[C@@H]2CCCN2C(=O)[C@@H](Cc2ccccc2)NC1=O. The maximum absolute atomic E-state index is 15.4. The molecule has 4 aromatic carbocycles. The lowest BCUT2D eigenvalue weighted by molar-refractivity contribution is -0.142. The number of nitrogens with zero attached hydrogens (tertiary/aromatic N) is 1. The lowest BCUT2D eigenvalue weighted by atomic mass is 9.98. The molecule has 0 radical (unpaired) electrons. The van der Waals surface area contributed by atoms with E-state index in [1.807, 2.05) is 32.0 Å². The molecule has 0 unspecified atom stereocenters. The molecule has 5 heterocycles. The standard InChI is InChI=1S/C72H90N16O12/c1-39(2)30-53-65(93)86-58(31-41-16-6-5-7-17-41)72(100)88-29-15-25-59(88)70(98)85-55(33-43-37-77-49-22-12-9-19-46(43)49)67(95)83-54(32-42-36-76-48-21-11-8-18-45(42)48)66(94)84-57(35-61(75)90)68(96)79-52(26-27-60(74)89)64(92)82-56(34-44-38-78-50-23-13-10-20-47(44)50)69(97)87-62(40(3)4)71(99)80-51(24-14-28-73)63(91)81-53/h5-13,16-23,36-40,51-59,62,76-78H,14-15,24-35,73H2,1-4H3,(H2,74,89)(H2,75,90)(H,79,96)(H,80,99)(H,81,91)(H,82,92)(H,83,95)(H,84,94)(H,85,98)(H,86,93)(H,87,97)/t51-,52-,53-,54-,55-,56-,57-,58+,59-,62-/m0/s1. The number of carbonyl (C=O) groups excluding carboxylic acids is 12. The first-order valence-corrected chi connectivity index (χ1v) is 33.9. The van der Waals surface area contributed by atoms with E-state index < -0.39 is 156 Å². The van der Waals surface area contributed by atoms with E-state index in [1.165, 1.54) is 4.90 Å². The summed E-state index contributed by atoms with van der Waals surface area (Å²) < 4.78 is 0. The van der Waals surface area contributed by atoms with E-state index in [0.29, 0.717) is 61.4 Å². The Labute approximate surface area is 577 Å². The number of benzene rings is 4. The van der Waals surface area contributed by atoms with Crippen LogP contribution in [0.3, 0.4) is 0 Å². The van der Waals surface area contributed by atoms with Crippen molar-refractivity contribution in [2.45, 2.75) is 165 Å². The number of nitrogens with two attached hydrogens (primary N) is 3. The maximum atomic E-state index is 15.4. The molecule has 10 atom stereocenters. The van der Waals surface area contributed by atoms with Gasteiger partial charge in [0.15, 0.2) is 0 Å². The summed E-state index contributed by atoms with van der Waals surface area (Å²) in [6, 6.07) is 15.7. The summed E-state index contributed by atoms with van der Waals surface area (Å²) in [7, 11) is 0. The zero-order valence-corrected chi connectivity index (χ0v) is 56.5. The molecule has 530 valence electrons. The van der Waals surface area contributed by atoms with Crippen LogP contribution in [0, 0.1) is 11.8 Å². The Morgan fingerprint density at radius 2 is 0.860 bits per heavy atom. The molecule has 2 fully saturated rings. The molecule has 0 spiro atoms. The number of hydrogen-bond acceptors (Lipinski definition) is 13. The van der Waals surface area contributed by atoms with Gasteiger partial charge in [0, 0.05) is 89.9 Å². The van der Waals surface area contributed by atoms with Crippen LogP contribution in [0.15, 0.2) is 122 Å². The molecule has 28 heteroatoms. The van der Waals surface area contributed by atoms with Crippen molar-refractivity contribution < 1.29 is 57.5 Å². The molecular weight excluding hydrogens is 1280 g/mol. The van der Waals surface area contributed by atoms with Crippen LogP contribution >= 0.6 is 0 Å². The van der Waals surface area contributed by atoms with Gasteiger partial charge in [0.25, 0.3) is 0 Å². The summed E-state index contributed by atoms with van der Waals surface area (Å²) in [5, 5.41) is 26.9. The van der Waals surface area contributed by atoms with Crippen LogP contribution < -0.4 is 65.1 Å². The minimum Gasteiger partial charge on any atom is -0.370 e. The van der Waals surface area contributed by atoms with Gasteiger partial charge in [-0.15, -0.1) is 0 Å². The van der Waals surface area contributed by atoms with E-state index in [-0.39, 0.29) is 70.4 Å². The summed E-state index contributed by atoms with van der Waals surface area (Å²) in [4.78, 5) is 187. The highest BCUT2D eigenvalue weighted by Gasteiger charge is 2.42. The van der Waals surface area contributed by atoms with Crippen LogP contribution in [0.1, 0.15) is 101 Å². The molecule has 28 nitrogen and oxygen atoms in total. The third-order valence-corrected chi connectivity index (χ3v) is 18.2. The Hall–Kier alpha value is -10.9. The largest absolute Gasteiger partial charge is 0.370 e. The van der Waals surface area contributed by atoms with E-state index in [4.69, 9.17) is 17.2 Å². The lowest BCUT2D eigenvalue weighted by Gasteiger charge is -2.32. The first-order valence-electron chi connectivity index (χ1n) is 33.9. The molecule has 2 saturated heterocycles. The number of hydrogen-bond donors (Lipinski definition) is 15. The molecule has 0 aliphatic carbocycles. The minimum atomic E-state index is -1.87. The van der Waals surface area contributed by atoms with E-state index in [2.05, 4.69) is 62.8 Å². The zero-order chi connectivity index (χ0) is 71.7. The predicted octanol–water partition coefficient (Wildman–Crippen LogP) is 1.35. The lowest BCUT2D eigenvalue weighted by Crippen LogP contribution is -2.62. The van der Waals surface area contributed by atoms with Crippen molar-refractivity contribution in [2.24, 2.45) is 29.0 Å². The number of amides is 12. The predicted molar refractivity (Wildman–Crippen MR) is 373 cm³/mol. The topological polar surface area (TPSA) is 442 Å². The number of H-pyrrole nitrogens is 3. The van der Waals surface area contributed by atoms with E-state index >= 15 is 24.0 Å². The maximum Gasteiger partial charge on any atom is 0.246 e. The van der Waals surface area contributed by atoms with Gasteiger partial charge in [-0.25, -0.2) is 0 Å². The van der Waals surface area contributed by atoms with Crippen LogP contribution in [-0.2, 0) is 83.2 Å². The molecule has 12 amide bonds. The minimum absolute atomic E-state index is 0.0199. The average Bonchev–Trinajstić information content (AvgIpc) is 1.68. The van der Waals surface area contributed by atoms with Gasteiger partial charge in [0.2, 0.25) is 70.9 Å². The van der Waals surface area contributed by atoms with Crippen molar-refractivity contribution in [1.29, 1.82) is 0 Å². The third kappa shape index (κ3) is 19.1. The van der Waals surface area contributed by atoms with Crippen molar-refractivity contribution in [1.82, 2.24) is 67.7 Å². The summed E-state index contributed by atoms with van der Waals surface area (Å²) in [6.07, 6.45) is 3.17. The first kappa shape index (κ1) is 73.3. The van der Waals surface area contributed by atoms with Crippen molar-refractivity contribution in [3.05, 3.63) is 144 Å². The van der Waals surface area contributed by atoms with E-state index in [0.717, 1.165) is 0 Å². The summed E-state index contributed by atoms with van der Waals surface area (Å²) in [5.74, 6) is -11.6. The van der Waals surface area contributed by atoms with Gasteiger partial charge in [-0.2, -0.15) is 0 Å². The normalized spacial score (nSPS) is 23.2. The highest BCUT2D eigenvalue weighted by atomic mass is 16.2. The van der Waals surface area contributed by atoms with E-state index in [9.17, 15) is 33.6 Å². The number of carbonyl (C=O) groups is 12. The van der Waals surface area contributed by atoms with E-state index in [1.54, 1.807) is 117 Å². The van der Waals surface area contributed by atoms with Gasteiger partial charge in [-0.1, -0.05) is 113 Å². The summed E-state index contributed by atoms with van der Waals surface area (Å²) in [5.41, 5.74) is 21.7. The Morgan fingerprint density at radius 3 is 1.35 bits per heavy atom. The molecule has 18 N–H and O–H groups in total. The first-order chi connectivity index (χ1) is 47.9. The fraction of sp³-hybridized carbons (Fsp3) is 0.417. The number of nitrogens with one attached hydrogen (secondary N) is 12. The second-order valence-electron chi connectivity index (χ2n) is 26.5. The zero-order valence-electron chi connectivity index (χ0n) is 56.5. The van der Waals surface area contributed by atoms with Crippen molar-refractivity contribution in [2.75, 3.05) is 13.1 Å². The average molecular weight is 1370 g/mol. The fourth-order valence-electron chi connectivity index (χ4n) is 13.0. The van der Waals surface area contributed by atoms with Gasteiger partial charge in [-0.05, 0) is 97.4 Å². The fourth-order valence-corrected chi connectivity index (χ4v) is 13.0. The van der Waals surface area contributed by atoms with Crippen LogP contribution in [0.2, 0.25) is 0 Å². The summed E-state index contributed by atoms with van der Waals surface area (Å²) in [6.45, 7) is 7.12. The van der Waals surface area contributed by atoms with Gasteiger partial charge < -0.3 is 84.9 Å². The Morgan fingerprint density at radius 1 is 0.450 bits per heavy atom. The molecule has 0 saturated carbocycles. The van der Waals surface area contributed by atoms with Crippen molar-refractivity contribution in [3.63, 3.8) is 0 Å². The molecular formula is C72H90N16O12. The molecule has 2 aliphatic rings. The Balaban J connectivity index is 1.13. The van der Waals surface area contributed by atoms with Gasteiger partial charge in [0.05, 0.1) is 6.42 Å². The third-order valence-electron chi connectivity index (χ3n) is 18.2. The monoisotopic (exact) mass is 1370 g/mol. The van der Waals surface area contributed by atoms with Crippen molar-refractivity contribution >= 4 is 104 Å². The smallest absolute Gasteiger partial charge is 0.246 e. The number of rotatable bonds is 19. The molecule has 2 aliphatic heterocycles. The second kappa shape index (κ2) is 34.1. The molecule has 0 bridgehead atoms. The van der Waals surface area contributed by atoms with Crippen LogP contribution in [0.25, 0.3) is 32.7 Å². The number of para-hydroxylation sites is 3. The second-order valence-corrected chi connectivity index (χ2v) is 26.5. The van der Waals surface area contributed by atoms with Crippen LogP contribution in [0.4, 0.5) is 0 Å².